The highest BCUT2D eigenvalue weighted by Crippen LogP contribution is 2.13. The largest absolute Gasteiger partial charge is 0.282 e. The standard InChI is InChI=1S/C13H15NO2/c1-10-3-2-4-11(9-10)7-8-14-12(15)5-6-13(14)16/h2-4,9H,5-8H2,1H3. The van der Waals surface area contributed by atoms with Crippen LogP contribution in [-0.2, 0) is 16.0 Å². The molecule has 3 nitrogen and oxygen atoms in total. The Bertz CT molecular complexity index is 410. The van der Waals surface area contributed by atoms with Crippen LogP contribution < -0.4 is 0 Å². The van der Waals surface area contributed by atoms with Crippen molar-refractivity contribution in [3.05, 3.63) is 35.4 Å². The van der Waals surface area contributed by atoms with Crippen LogP contribution in [-0.4, -0.2) is 23.3 Å². The van der Waals surface area contributed by atoms with E-state index in [0.29, 0.717) is 19.4 Å². The molecule has 1 fully saturated rings. The summed E-state index contributed by atoms with van der Waals surface area (Å²) >= 11 is 0. The molecule has 1 aliphatic heterocycles. The number of aryl methyl sites for hydroxylation is 1. The van der Waals surface area contributed by atoms with Gasteiger partial charge in [-0.3, -0.25) is 14.5 Å². The van der Waals surface area contributed by atoms with E-state index in [4.69, 9.17) is 0 Å². The fourth-order valence-electron chi connectivity index (χ4n) is 1.98. The second-order valence-electron chi connectivity index (χ2n) is 4.18. The number of likely N-dealkylation sites (tertiary alicyclic amines) is 1. The Morgan fingerprint density at radius 3 is 2.50 bits per heavy atom. The Balaban J connectivity index is 1.97. The molecule has 0 aliphatic carbocycles. The van der Waals surface area contributed by atoms with Crippen LogP contribution in [0.3, 0.4) is 0 Å². The molecule has 3 heteroatoms. The number of nitrogens with zero attached hydrogens (tertiary/aromatic N) is 1. The van der Waals surface area contributed by atoms with Crippen molar-refractivity contribution in [1.82, 2.24) is 4.90 Å². The maximum absolute atomic E-state index is 11.4. The second kappa shape index (κ2) is 4.47. The summed E-state index contributed by atoms with van der Waals surface area (Å²) in [5, 5.41) is 0. The first kappa shape index (κ1) is 10.9. The van der Waals surface area contributed by atoms with E-state index < -0.39 is 0 Å². The van der Waals surface area contributed by atoms with Crippen LogP contribution in [0.4, 0.5) is 0 Å². The first-order chi connectivity index (χ1) is 7.66. The van der Waals surface area contributed by atoms with Crippen molar-refractivity contribution in [2.24, 2.45) is 0 Å². The summed E-state index contributed by atoms with van der Waals surface area (Å²) in [6.45, 7) is 2.55. The smallest absolute Gasteiger partial charge is 0.229 e. The van der Waals surface area contributed by atoms with E-state index in [-0.39, 0.29) is 11.8 Å². The predicted molar refractivity (Wildman–Crippen MR) is 60.8 cm³/mol. The molecule has 1 saturated heterocycles. The number of carbonyl (C=O) groups is 2. The fourth-order valence-corrected chi connectivity index (χ4v) is 1.98. The van der Waals surface area contributed by atoms with E-state index in [1.165, 1.54) is 16.0 Å². The lowest BCUT2D eigenvalue weighted by Gasteiger charge is -2.13. The fraction of sp³-hybridized carbons (Fsp3) is 0.385. The summed E-state index contributed by atoms with van der Waals surface area (Å²) in [5.74, 6) is -0.0599. The topological polar surface area (TPSA) is 37.4 Å². The summed E-state index contributed by atoms with van der Waals surface area (Å²) in [6, 6.07) is 8.15. The molecule has 0 unspecified atom stereocenters. The summed E-state index contributed by atoms with van der Waals surface area (Å²) < 4.78 is 0. The number of hydrogen-bond donors (Lipinski definition) is 0. The summed E-state index contributed by atoms with van der Waals surface area (Å²) in [5.41, 5.74) is 2.38. The minimum Gasteiger partial charge on any atom is -0.282 e. The van der Waals surface area contributed by atoms with Gasteiger partial charge in [0.05, 0.1) is 0 Å². The average Bonchev–Trinajstić information content (AvgIpc) is 2.56. The van der Waals surface area contributed by atoms with Gasteiger partial charge in [-0.2, -0.15) is 0 Å². The van der Waals surface area contributed by atoms with Gasteiger partial charge in [-0.05, 0) is 18.9 Å². The van der Waals surface area contributed by atoms with Gasteiger partial charge >= 0.3 is 0 Å². The maximum atomic E-state index is 11.4. The molecule has 1 aliphatic rings. The molecule has 84 valence electrons. The summed E-state index contributed by atoms with van der Waals surface area (Å²) in [4.78, 5) is 24.1. The molecule has 0 aromatic heterocycles. The highest BCUT2D eigenvalue weighted by molar-refractivity contribution is 6.01. The van der Waals surface area contributed by atoms with Crippen LogP contribution in [0.15, 0.2) is 24.3 Å². The minimum atomic E-state index is -0.0300. The van der Waals surface area contributed by atoms with Crippen molar-refractivity contribution in [3.8, 4) is 0 Å². The lowest BCUT2D eigenvalue weighted by atomic mass is 10.1. The van der Waals surface area contributed by atoms with Crippen molar-refractivity contribution < 1.29 is 9.59 Å². The van der Waals surface area contributed by atoms with Gasteiger partial charge in [0.1, 0.15) is 0 Å². The summed E-state index contributed by atoms with van der Waals surface area (Å²) in [6.07, 6.45) is 1.51. The van der Waals surface area contributed by atoms with Crippen LogP contribution in [0.2, 0.25) is 0 Å². The lowest BCUT2D eigenvalue weighted by Crippen LogP contribution is -2.31. The molecule has 0 spiro atoms. The number of amides is 2. The van der Waals surface area contributed by atoms with Crippen molar-refractivity contribution in [1.29, 1.82) is 0 Å². The molecule has 0 N–H and O–H groups in total. The van der Waals surface area contributed by atoms with Gasteiger partial charge in [0.15, 0.2) is 0 Å². The Kier molecular flexibility index (Phi) is 3.04. The Morgan fingerprint density at radius 2 is 1.88 bits per heavy atom. The molecule has 0 atom stereocenters. The van der Waals surface area contributed by atoms with E-state index in [9.17, 15) is 9.59 Å². The lowest BCUT2D eigenvalue weighted by molar-refractivity contribution is -0.138. The monoisotopic (exact) mass is 217 g/mol. The first-order valence-corrected chi connectivity index (χ1v) is 5.55. The molecule has 1 aromatic rings. The normalized spacial score (nSPS) is 15.9. The average molecular weight is 217 g/mol. The minimum absolute atomic E-state index is 0.0300. The van der Waals surface area contributed by atoms with Gasteiger partial charge in [-0.1, -0.05) is 29.8 Å². The van der Waals surface area contributed by atoms with Crippen LogP contribution in [0.1, 0.15) is 24.0 Å². The number of hydrogen-bond acceptors (Lipinski definition) is 2. The van der Waals surface area contributed by atoms with Crippen LogP contribution in [0.25, 0.3) is 0 Å². The van der Waals surface area contributed by atoms with Crippen LogP contribution in [0, 0.1) is 6.92 Å². The maximum Gasteiger partial charge on any atom is 0.229 e. The van der Waals surface area contributed by atoms with Crippen LogP contribution >= 0.6 is 0 Å². The molecule has 0 bridgehead atoms. The molecule has 2 amide bonds. The molecule has 2 rings (SSSR count). The van der Waals surface area contributed by atoms with Crippen molar-refractivity contribution in [3.63, 3.8) is 0 Å². The van der Waals surface area contributed by atoms with Gasteiger partial charge < -0.3 is 0 Å². The highest BCUT2D eigenvalue weighted by atomic mass is 16.2. The van der Waals surface area contributed by atoms with Crippen molar-refractivity contribution in [2.45, 2.75) is 26.2 Å². The number of imide groups is 1. The molecule has 16 heavy (non-hydrogen) atoms. The quantitative estimate of drug-likeness (QED) is 0.722. The number of benzene rings is 1. The molecule has 0 radical (unpaired) electrons. The Hall–Kier alpha value is -1.64. The van der Waals surface area contributed by atoms with Crippen LogP contribution in [0.5, 0.6) is 0 Å². The number of rotatable bonds is 3. The van der Waals surface area contributed by atoms with Gasteiger partial charge in [0, 0.05) is 19.4 Å². The summed E-state index contributed by atoms with van der Waals surface area (Å²) in [7, 11) is 0. The van der Waals surface area contributed by atoms with Gasteiger partial charge in [-0.15, -0.1) is 0 Å². The third-order valence-corrected chi connectivity index (χ3v) is 2.86. The molecule has 1 aromatic carbocycles. The Labute approximate surface area is 95.1 Å². The van der Waals surface area contributed by atoms with E-state index >= 15 is 0 Å². The predicted octanol–water partition coefficient (Wildman–Crippen LogP) is 1.69. The van der Waals surface area contributed by atoms with E-state index in [1.54, 1.807) is 0 Å². The number of carbonyl (C=O) groups excluding carboxylic acids is 2. The van der Waals surface area contributed by atoms with E-state index in [2.05, 4.69) is 6.07 Å². The highest BCUT2D eigenvalue weighted by Gasteiger charge is 2.27. The Morgan fingerprint density at radius 1 is 1.19 bits per heavy atom. The van der Waals surface area contributed by atoms with E-state index in [1.807, 2.05) is 25.1 Å². The van der Waals surface area contributed by atoms with E-state index in [0.717, 1.165) is 6.42 Å². The van der Waals surface area contributed by atoms with Crippen molar-refractivity contribution >= 4 is 11.8 Å². The zero-order valence-corrected chi connectivity index (χ0v) is 9.40. The molecule has 1 heterocycles. The van der Waals surface area contributed by atoms with Gasteiger partial charge in [0.25, 0.3) is 0 Å². The molecule has 0 saturated carbocycles. The zero-order chi connectivity index (χ0) is 11.5. The second-order valence-corrected chi connectivity index (χ2v) is 4.18. The van der Waals surface area contributed by atoms with Crippen molar-refractivity contribution in [2.75, 3.05) is 6.54 Å². The van der Waals surface area contributed by atoms with Gasteiger partial charge in [0.2, 0.25) is 11.8 Å². The molecular weight excluding hydrogens is 202 g/mol. The van der Waals surface area contributed by atoms with Gasteiger partial charge in [-0.25, -0.2) is 0 Å². The third-order valence-electron chi connectivity index (χ3n) is 2.86. The zero-order valence-electron chi connectivity index (χ0n) is 9.40. The first-order valence-electron chi connectivity index (χ1n) is 5.55. The SMILES string of the molecule is Cc1cccc(CCN2C(=O)CCC2=O)c1. The third kappa shape index (κ3) is 2.30. The molecular formula is C13H15NO2.